The highest BCUT2D eigenvalue weighted by Crippen LogP contribution is 2.45. The van der Waals surface area contributed by atoms with Gasteiger partial charge in [0, 0.05) is 23.6 Å². The smallest absolute Gasteiger partial charge is 0.416 e. The van der Waals surface area contributed by atoms with Crippen LogP contribution in [0.5, 0.6) is 0 Å². The molecule has 1 aliphatic heterocycles. The zero-order valence-corrected chi connectivity index (χ0v) is 22.6. The molecule has 43 heavy (non-hydrogen) atoms. The van der Waals surface area contributed by atoms with Gasteiger partial charge in [-0.15, -0.1) is 0 Å². The zero-order valence-electron chi connectivity index (χ0n) is 22.6. The second kappa shape index (κ2) is 11.2. The number of hydrogen-bond donors (Lipinski definition) is 2. The molecule has 0 fully saturated rings. The highest BCUT2D eigenvalue weighted by Gasteiger charge is 2.47. The number of benzene rings is 3. The summed E-state index contributed by atoms with van der Waals surface area (Å²) >= 11 is 0. The van der Waals surface area contributed by atoms with Gasteiger partial charge in [-0.1, -0.05) is 43.0 Å². The predicted molar refractivity (Wildman–Crippen MR) is 149 cm³/mol. The number of carbonyl (C=O) groups excluding carboxylic acids is 2. The lowest BCUT2D eigenvalue weighted by molar-refractivity contribution is -0.137. The minimum absolute atomic E-state index is 0.0649. The summed E-state index contributed by atoms with van der Waals surface area (Å²) in [6.07, 6.45) is -4.71. The van der Waals surface area contributed by atoms with Gasteiger partial charge >= 0.3 is 12.1 Å². The molecule has 0 unspecified atom stereocenters. The summed E-state index contributed by atoms with van der Waals surface area (Å²) in [4.78, 5) is 41.0. The molecule has 0 bridgehead atoms. The van der Waals surface area contributed by atoms with Gasteiger partial charge in [-0.2, -0.15) is 18.3 Å². The Kier molecular flexibility index (Phi) is 7.61. The van der Waals surface area contributed by atoms with Gasteiger partial charge in [-0.3, -0.25) is 14.5 Å². The fourth-order valence-corrected chi connectivity index (χ4v) is 5.16. The van der Waals surface area contributed by atoms with Crippen LogP contribution in [-0.4, -0.2) is 45.3 Å². The van der Waals surface area contributed by atoms with E-state index in [1.165, 1.54) is 27.8 Å². The molecule has 1 aromatic heterocycles. The molecule has 5 rings (SSSR count). The molecule has 0 aliphatic carbocycles. The van der Waals surface area contributed by atoms with Crippen LogP contribution in [0.2, 0.25) is 0 Å². The minimum atomic E-state index is -4.71. The first-order valence-electron chi connectivity index (χ1n) is 13.1. The normalized spacial score (nSPS) is 16.5. The van der Waals surface area contributed by atoms with Crippen LogP contribution in [0.1, 0.15) is 45.6 Å². The summed E-state index contributed by atoms with van der Waals surface area (Å²) < 4.78 is 55.5. The Hall–Kier alpha value is -5.26. The Balaban J connectivity index is 1.74. The first kappa shape index (κ1) is 29.2. The summed E-state index contributed by atoms with van der Waals surface area (Å²) in [5.41, 5.74) is -0.821. The molecule has 4 aromatic rings. The SMILES string of the molecule is C=C(C(=O)O)c1nn(-c2ccccc2)c2c1[C@@H](c1ccc(F)cc1)[C@H](NC(=O)c1cccc(C(F)(F)F)c1)C(=O)N2CC. The second-order valence-electron chi connectivity index (χ2n) is 9.76. The van der Waals surface area contributed by atoms with Crippen molar-refractivity contribution in [1.29, 1.82) is 0 Å². The highest BCUT2D eigenvalue weighted by molar-refractivity contribution is 6.15. The highest BCUT2D eigenvalue weighted by atomic mass is 19.4. The van der Waals surface area contributed by atoms with Crippen LogP contribution in [0.4, 0.5) is 23.4 Å². The van der Waals surface area contributed by atoms with Crippen LogP contribution in [-0.2, 0) is 15.8 Å². The average Bonchev–Trinajstić information content (AvgIpc) is 3.37. The number of fused-ring (bicyclic) bond motifs is 1. The number of anilines is 1. The quantitative estimate of drug-likeness (QED) is 0.220. The number of halogens is 4. The topological polar surface area (TPSA) is 105 Å². The molecule has 220 valence electrons. The van der Waals surface area contributed by atoms with E-state index in [1.807, 2.05) is 0 Å². The van der Waals surface area contributed by atoms with E-state index in [-0.39, 0.29) is 29.2 Å². The van der Waals surface area contributed by atoms with Crippen molar-refractivity contribution in [3.05, 3.63) is 119 Å². The number of rotatable bonds is 7. The van der Waals surface area contributed by atoms with Crippen molar-refractivity contribution in [2.45, 2.75) is 25.1 Å². The molecule has 1 aliphatic rings. The third kappa shape index (κ3) is 5.39. The van der Waals surface area contributed by atoms with Crippen LogP contribution in [0.3, 0.4) is 0 Å². The molecule has 0 radical (unpaired) electrons. The largest absolute Gasteiger partial charge is 0.478 e. The lowest BCUT2D eigenvalue weighted by Gasteiger charge is -2.38. The monoisotopic (exact) mass is 592 g/mol. The van der Waals surface area contributed by atoms with Gasteiger partial charge in [-0.25, -0.2) is 13.9 Å². The van der Waals surface area contributed by atoms with Crippen LogP contribution in [0.25, 0.3) is 11.3 Å². The molecular formula is C31H24F4N4O4. The standard InChI is InChI=1S/C31H24F4N4O4/c1-3-38-28-24(25(17(2)30(42)43)37-39(28)22-10-5-4-6-11-22)23(18-12-14-21(32)15-13-18)26(29(38)41)36-27(40)19-8-7-9-20(16-19)31(33,34)35/h4-16,23,26H,2-3H2,1H3,(H,36,40)(H,42,43)/t23-,26+/m1/s1. The van der Waals surface area contributed by atoms with Crippen molar-refractivity contribution < 1.29 is 37.1 Å². The molecule has 0 saturated heterocycles. The average molecular weight is 593 g/mol. The number of nitrogens with zero attached hydrogens (tertiary/aromatic N) is 3. The number of nitrogens with one attached hydrogen (secondary N) is 1. The lowest BCUT2D eigenvalue weighted by atomic mass is 9.80. The van der Waals surface area contributed by atoms with E-state index >= 15 is 0 Å². The number of aromatic nitrogens is 2. The first-order chi connectivity index (χ1) is 20.4. The maximum absolute atomic E-state index is 14.1. The Morgan fingerprint density at radius 3 is 2.30 bits per heavy atom. The third-order valence-electron chi connectivity index (χ3n) is 7.16. The number of likely N-dealkylation sites (N-methyl/N-ethyl adjacent to an activating group) is 1. The van der Waals surface area contributed by atoms with E-state index in [2.05, 4.69) is 17.0 Å². The summed E-state index contributed by atoms with van der Waals surface area (Å²) in [7, 11) is 0. The maximum atomic E-state index is 14.1. The Morgan fingerprint density at radius 2 is 1.70 bits per heavy atom. The number of carboxylic acids is 1. The van der Waals surface area contributed by atoms with Crippen LogP contribution < -0.4 is 10.2 Å². The number of para-hydroxylation sites is 1. The summed E-state index contributed by atoms with van der Waals surface area (Å²) in [5, 5.41) is 17.0. The van der Waals surface area contributed by atoms with Gasteiger partial charge < -0.3 is 10.4 Å². The van der Waals surface area contributed by atoms with Crippen LogP contribution in [0, 0.1) is 5.82 Å². The van der Waals surface area contributed by atoms with Crippen LogP contribution in [0.15, 0.2) is 85.4 Å². The van der Waals surface area contributed by atoms with E-state index in [4.69, 9.17) is 0 Å². The predicted octanol–water partition coefficient (Wildman–Crippen LogP) is 5.43. The molecule has 12 heteroatoms. The van der Waals surface area contributed by atoms with Gasteiger partial charge in [-0.05, 0) is 55.0 Å². The Labute approximate surface area is 242 Å². The molecular weight excluding hydrogens is 568 g/mol. The summed E-state index contributed by atoms with van der Waals surface area (Å²) in [5.74, 6) is -4.47. The molecule has 2 N–H and O–H groups in total. The number of alkyl halides is 3. The fraction of sp³-hybridized carbons (Fsp3) is 0.161. The van der Waals surface area contributed by atoms with Crippen molar-refractivity contribution >= 4 is 29.2 Å². The number of amides is 2. The van der Waals surface area contributed by atoms with Gasteiger partial charge in [0.15, 0.2) is 0 Å². The molecule has 0 spiro atoms. The number of carboxylic acid groups (broad SMARTS) is 1. The van der Waals surface area contributed by atoms with Crippen molar-refractivity contribution in [2.75, 3.05) is 11.4 Å². The molecule has 8 nitrogen and oxygen atoms in total. The van der Waals surface area contributed by atoms with Gasteiger partial charge in [0.2, 0.25) is 0 Å². The summed E-state index contributed by atoms with van der Waals surface area (Å²) in [6.45, 7) is 5.42. The fourth-order valence-electron chi connectivity index (χ4n) is 5.16. The number of aliphatic carboxylic acids is 1. The van der Waals surface area contributed by atoms with Crippen molar-refractivity contribution in [2.24, 2.45) is 0 Å². The zero-order chi connectivity index (χ0) is 31.1. The number of carbonyl (C=O) groups is 3. The van der Waals surface area contributed by atoms with E-state index in [1.54, 1.807) is 37.3 Å². The third-order valence-corrected chi connectivity index (χ3v) is 7.16. The summed E-state index contributed by atoms with van der Waals surface area (Å²) in [6, 6.07) is 16.0. The lowest BCUT2D eigenvalue weighted by Crippen LogP contribution is -2.55. The molecule has 2 heterocycles. The van der Waals surface area contributed by atoms with Crippen molar-refractivity contribution in [3.63, 3.8) is 0 Å². The maximum Gasteiger partial charge on any atom is 0.416 e. The Bertz CT molecular complexity index is 1730. The van der Waals surface area contributed by atoms with Gasteiger partial charge in [0.1, 0.15) is 23.4 Å². The van der Waals surface area contributed by atoms with E-state index in [9.17, 15) is 37.1 Å². The number of hydrogen-bond acceptors (Lipinski definition) is 4. The molecule has 2 amide bonds. The second-order valence-corrected chi connectivity index (χ2v) is 9.76. The van der Waals surface area contributed by atoms with Crippen molar-refractivity contribution in [1.82, 2.24) is 15.1 Å². The van der Waals surface area contributed by atoms with Gasteiger partial charge in [0.25, 0.3) is 11.8 Å². The molecule has 2 atom stereocenters. The Morgan fingerprint density at radius 1 is 1.02 bits per heavy atom. The molecule has 3 aromatic carbocycles. The van der Waals surface area contributed by atoms with Gasteiger partial charge in [0.05, 0.1) is 16.8 Å². The minimum Gasteiger partial charge on any atom is -0.478 e. The van der Waals surface area contributed by atoms with Crippen molar-refractivity contribution in [3.8, 4) is 5.69 Å². The first-order valence-corrected chi connectivity index (χ1v) is 13.1. The van der Waals surface area contributed by atoms with E-state index in [0.29, 0.717) is 17.3 Å². The van der Waals surface area contributed by atoms with E-state index in [0.717, 1.165) is 24.3 Å². The van der Waals surface area contributed by atoms with Crippen LogP contribution >= 0.6 is 0 Å². The molecule has 0 saturated carbocycles. The van der Waals surface area contributed by atoms with E-state index < -0.39 is 52.9 Å².